The first-order valence-electron chi connectivity index (χ1n) is 12.5. The fraction of sp³-hybridized carbons (Fsp3) is 0.524. The van der Waals surface area contributed by atoms with Gasteiger partial charge in [0.1, 0.15) is 48.1 Å². The number of nitrogen functional groups attached to an aromatic ring is 2. The SMILES string of the molecule is Nc1ncnc2c1ncn2C1OC2COP(=O)(O)O[C@H]3CC(OC3n3cnc4c(N)ncnc43)C(O)COC2C1F. The predicted molar refractivity (Wildman–Crippen MR) is 133 cm³/mol. The number of aliphatic hydroxyl groups is 1. The third-order valence-electron chi connectivity index (χ3n) is 7.25. The second-order valence-corrected chi connectivity index (χ2v) is 11.2. The van der Waals surface area contributed by atoms with Gasteiger partial charge in [0.05, 0.1) is 32.0 Å². The molecular formula is C21H24FN10O8P. The number of alkyl halides is 1. The van der Waals surface area contributed by atoms with Crippen molar-refractivity contribution in [2.75, 3.05) is 24.7 Å². The maximum absolute atomic E-state index is 15.8. The molecule has 8 unspecified atom stereocenters. The van der Waals surface area contributed by atoms with Crippen molar-refractivity contribution >= 4 is 41.8 Å². The van der Waals surface area contributed by atoms with Crippen LogP contribution in [-0.4, -0.2) is 98.9 Å². The van der Waals surface area contributed by atoms with Gasteiger partial charge >= 0.3 is 7.82 Å². The van der Waals surface area contributed by atoms with Crippen molar-refractivity contribution in [3.63, 3.8) is 0 Å². The molecule has 7 heterocycles. The number of phosphoric ester groups is 1. The minimum Gasteiger partial charge on any atom is -0.388 e. The smallest absolute Gasteiger partial charge is 0.388 e. The van der Waals surface area contributed by atoms with E-state index < -0.39 is 63.6 Å². The Labute approximate surface area is 229 Å². The van der Waals surface area contributed by atoms with E-state index in [4.69, 9.17) is 34.7 Å². The number of nitrogens with two attached hydrogens (primary N) is 2. The molecule has 3 aliphatic rings. The van der Waals surface area contributed by atoms with E-state index in [9.17, 15) is 14.6 Å². The highest BCUT2D eigenvalue weighted by molar-refractivity contribution is 7.47. The maximum Gasteiger partial charge on any atom is 0.472 e. The summed E-state index contributed by atoms with van der Waals surface area (Å²) in [7, 11) is -4.77. The van der Waals surface area contributed by atoms with E-state index in [1.165, 1.54) is 34.4 Å². The van der Waals surface area contributed by atoms with E-state index >= 15 is 4.39 Å². The topological polar surface area (TPSA) is 243 Å². The van der Waals surface area contributed by atoms with Crippen LogP contribution in [0.4, 0.5) is 16.0 Å². The number of phosphoric acid groups is 1. The molecule has 7 rings (SSSR count). The van der Waals surface area contributed by atoms with Gasteiger partial charge in [-0.3, -0.25) is 18.2 Å². The van der Waals surface area contributed by atoms with Crippen LogP contribution < -0.4 is 11.5 Å². The zero-order chi connectivity index (χ0) is 28.5. The van der Waals surface area contributed by atoms with E-state index in [0.29, 0.717) is 0 Å². The first kappa shape index (κ1) is 26.5. The van der Waals surface area contributed by atoms with Crippen LogP contribution in [0.1, 0.15) is 18.9 Å². The molecule has 0 saturated carbocycles. The number of rotatable bonds is 2. The number of hydrogen-bond acceptors (Lipinski definition) is 15. The monoisotopic (exact) mass is 594 g/mol. The molecule has 41 heavy (non-hydrogen) atoms. The number of nitrogens with zero attached hydrogens (tertiary/aromatic N) is 8. The largest absolute Gasteiger partial charge is 0.472 e. The Morgan fingerprint density at radius 2 is 1.49 bits per heavy atom. The van der Waals surface area contributed by atoms with E-state index in [2.05, 4.69) is 29.9 Å². The molecule has 4 aromatic rings. The van der Waals surface area contributed by atoms with Gasteiger partial charge in [-0.2, -0.15) is 0 Å². The summed E-state index contributed by atoms with van der Waals surface area (Å²) in [5, 5.41) is 11.0. The van der Waals surface area contributed by atoms with E-state index in [0.717, 1.165) is 0 Å². The molecule has 18 nitrogen and oxygen atoms in total. The third kappa shape index (κ3) is 4.50. The van der Waals surface area contributed by atoms with Crippen LogP contribution >= 0.6 is 7.82 Å². The Bertz CT molecular complexity index is 1660. The Morgan fingerprint density at radius 3 is 2.15 bits per heavy atom. The number of aliphatic hydroxyl groups excluding tert-OH is 1. The number of anilines is 2. The first-order chi connectivity index (χ1) is 19.7. The van der Waals surface area contributed by atoms with Gasteiger partial charge in [-0.25, -0.2) is 38.9 Å². The van der Waals surface area contributed by atoms with Gasteiger partial charge in [0.2, 0.25) is 0 Å². The lowest BCUT2D eigenvalue weighted by molar-refractivity contribution is -0.113. The van der Waals surface area contributed by atoms with Crippen molar-refractivity contribution in [3.05, 3.63) is 25.3 Å². The van der Waals surface area contributed by atoms with Crippen LogP contribution in [0.25, 0.3) is 22.3 Å². The summed E-state index contributed by atoms with van der Waals surface area (Å²) < 4.78 is 60.1. The summed E-state index contributed by atoms with van der Waals surface area (Å²) in [6.45, 7) is -0.924. The van der Waals surface area contributed by atoms with E-state index in [-0.39, 0.29) is 47.0 Å². The van der Waals surface area contributed by atoms with E-state index in [1.807, 2.05) is 0 Å². The lowest BCUT2D eigenvalue weighted by Gasteiger charge is -2.25. The van der Waals surface area contributed by atoms with Gasteiger partial charge in [-0.05, 0) is 0 Å². The third-order valence-corrected chi connectivity index (χ3v) is 8.26. The molecule has 6 N–H and O–H groups in total. The molecule has 0 spiro atoms. The standard InChI is InChI=1S/C21H24FN10O8P/c22-12-15-11(39-21(12)32-7-30-14-17(24)26-5-28-19(14)32)3-37-41(34,35)40-10-1-9(8(33)2-36-15)38-20(10)31-6-29-13-16(23)25-4-27-18(13)31/h4-12,15,20-21,33H,1-3H2,(H,34,35)(H2,23,25,27)(H2,24,26,28)/t8?,9?,10-,11?,12?,15?,20?,21?/m0/s1. The summed E-state index contributed by atoms with van der Waals surface area (Å²) in [6, 6.07) is 0. The summed E-state index contributed by atoms with van der Waals surface area (Å²) in [6.07, 6.45) is -4.86. The van der Waals surface area contributed by atoms with Crippen molar-refractivity contribution < 1.29 is 42.2 Å². The molecular weight excluding hydrogens is 570 g/mol. The van der Waals surface area contributed by atoms with Gasteiger partial charge in [0.25, 0.3) is 0 Å². The number of imidazole rings is 2. The van der Waals surface area contributed by atoms with Crippen LogP contribution in [0, 0.1) is 0 Å². The van der Waals surface area contributed by atoms with Gasteiger partial charge in [-0.15, -0.1) is 0 Å². The average molecular weight is 594 g/mol. The predicted octanol–water partition coefficient (Wildman–Crippen LogP) is -0.384. The van der Waals surface area contributed by atoms with Crippen LogP contribution in [0.3, 0.4) is 0 Å². The number of halogens is 1. The van der Waals surface area contributed by atoms with E-state index in [1.54, 1.807) is 0 Å². The first-order valence-corrected chi connectivity index (χ1v) is 14.0. The average Bonchev–Trinajstić information content (AvgIpc) is 3.71. The quantitative estimate of drug-likeness (QED) is 0.216. The molecule has 3 fully saturated rings. The van der Waals surface area contributed by atoms with Gasteiger partial charge in [-0.1, -0.05) is 0 Å². The van der Waals surface area contributed by atoms with Crippen molar-refractivity contribution in [3.8, 4) is 0 Å². The number of ether oxygens (including phenoxy) is 3. The Kier molecular flexibility index (Phi) is 6.36. The summed E-state index contributed by atoms with van der Waals surface area (Å²) in [5.74, 6) is 0.226. The second-order valence-electron chi connectivity index (χ2n) is 9.75. The van der Waals surface area contributed by atoms with Crippen molar-refractivity contribution in [1.82, 2.24) is 39.0 Å². The summed E-state index contributed by atoms with van der Waals surface area (Å²) >= 11 is 0. The normalized spacial score (nSPS) is 36.3. The van der Waals surface area contributed by atoms with Crippen molar-refractivity contribution in [2.45, 2.75) is 55.6 Å². The maximum atomic E-state index is 15.8. The fourth-order valence-electron chi connectivity index (χ4n) is 5.31. The molecule has 0 aliphatic carbocycles. The molecule has 4 aromatic heterocycles. The molecule has 0 aromatic carbocycles. The molecule has 3 aliphatic heterocycles. The van der Waals surface area contributed by atoms with Crippen LogP contribution in [-0.2, 0) is 27.8 Å². The summed E-state index contributed by atoms with van der Waals surface area (Å²) in [5.41, 5.74) is 12.8. The fourth-order valence-corrected chi connectivity index (χ4v) is 6.23. The number of aromatic nitrogens is 8. The molecule has 0 radical (unpaired) electrons. The number of hydrogen-bond donors (Lipinski definition) is 4. The Hall–Kier alpha value is -3.42. The second kappa shape index (κ2) is 9.85. The molecule has 2 bridgehead atoms. The van der Waals surface area contributed by atoms with Gasteiger partial charge in [0, 0.05) is 6.42 Å². The highest BCUT2D eigenvalue weighted by atomic mass is 31.2. The lowest BCUT2D eigenvalue weighted by Crippen LogP contribution is -2.39. The zero-order valence-corrected chi connectivity index (χ0v) is 21.8. The van der Waals surface area contributed by atoms with Crippen LogP contribution in [0.2, 0.25) is 0 Å². The van der Waals surface area contributed by atoms with Crippen LogP contribution in [0.5, 0.6) is 0 Å². The summed E-state index contributed by atoms with van der Waals surface area (Å²) in [4.78, 5) is 35.0. The highest BCUT2D eigenvalue weighted by Gasteiger charge is 2.51. The Morgan fingerprint density at radius 1 is 0.878 bits per heavy atom. The zero-order valence-electron chi connectivity index (χ0n) is 21.0. The lowest BCUT2D eigenvalue weighted by atomic mass is 10.1. The van der Waals surface area contributed by atoms with Gasteiger partial charge < -0.3 is 35.7 Å². The Balaban J connectivity index is 1.16. The molecule has 3 saturated heterocycles. The van der Waals surface area contributed by atoms with Crippen molar-refractivity contribution in [2.24, 2.45) is 0 Å². The van der Waals surface area contributed by atoms with Crippen molar-refractivity contribution in [1.29, 1.82) is 0 Å². The number of fused-ring (bicyclic) bond motifs is 5. The molecule has 9 atom stereocenters. The minimum atomic E-state index is -4.77. The van der Waals surface area contributed by atoms with Crippen LogP contribution in [0.15, 0.2) is 25.3 Å². The molecule has 0 amide bonds. The molecule has 20 heteroatoms. The minimum absolute atomic E-state index is 0.0300. The molecule has 218 valence electrons. The highest BCUT2D eigenvalue weighted by Crippen LogP contribution is 2.51. The van der Waals surface area contributed by atoms with Gasteiger partial charge in [0.15, 0.2) is 41.6 Å².